The Hall–Kier alpha value is -2.55. The molecule has 34 heavy (non-hydrogen) atoms. The normalized spacial score (nSPS) is 30.4. The first-order valence-corrected chi connectivity index (χ1v) is 13.1. The molecule has 4 atom stereocenters. The fraction of sp³-hybridized carbons (Fsp3) is 0.609. The number of aromatic nitrogens is 3. The topological polar surface area (TPSA) is 117 Å². The van der Waals surface area contributed by atoms with Gasteiger partial charge in [0.25, 0.3) is 5.56 Å². The predicted molar refractivity (Wildman–Crippen MR) is 126 cm³/mol. The molecule has 1 aliphatic heterocycles. The number of hydrogen-bond acceptors (Lipinski definition) is 7. The Morgan fingerprint density at radius 3 is 2.71 bits per heavy atom. The number of pyridine rings is 1. The van der Waals surface area contributed by atoms with E-state index in [1.165, 1.54) is 15.1 Å². The molecular weight excluding hydrogens is 461 g/mol. The number of aliphatic hydroxyl groups is 1. The van der Waals surface area contributed by atoms with Crippen molar-refractivity contribution in [3.8, 4) is 12.3 Å². The van der Waals surface area contributed by atoms with Gasteiger partial charge in [0.05, 0.1) is 28.5 Å². The number of halogens is 1. The van der Waals surface area contributed by atoms with E-state index in [1.54, 1.807) is 13.0 Å². The maximum atomic E-state index is 15.0. The molecule has 2 aromatic rings. The van der Waals surface area contributed by atoms with Crippen LogP contribution in [-0.2, 0) is 10.0 Å². The molecule has 0 radical (unpaired) electrons. The summed E-state index contributed by atoms with van der Waals surface area (Å²) >= 11 is 0. The molecule has 2 N–H and O–H groups in total. The second-order valence-electron chi connectivity index (χ2n) is 9.77. The second-order valence-corrected chi connectivity index (χ2v) is 12.0. The molecular formula is C23H28FN5O4S. The summed E-state index contributed by atoms with van der Waals surface area (Å²) in [5, 5.41) is 14.0. The second kappa shape index (κ2) is 8.29. The van der Waals surface area contributed by atoms with Crippen LogP contribution in [0.1, 0.15) is 57.1 Å². The predicted octanol–water partition coefficient (Wildman–Crippen LogP) is 1.57. The lowest BCUT2D eigenvalue weighted by atomic mass is 9.99. The summed E-state index contributed by atoms with van der Waals surface area (Å²) in [5.41, 5.74) is -1.02. The Bertz CT molecular complexity index is 1330. The zero-order chi connectivity index (χ0) is 24.3. The summed E-state index contributed by atoms with van der Waals surface area (Å²) in [6.45, 7) is 1.72. The smallest absolute Gasteiger partial charge is 0.268 e. The number of sulfonamides is 1. The molecule has 3 aliphatic rings. The van der Waals surface area contributed by atoms with Crippen molar-refractivity contribution in [3.05, 3.63) is 28.2 Å². The summed E-state index contributed by atoms with van der Waals surface area (Å²) in [6, 6.07) is 0.382. The fourth-order valence-corrected chi connectivity index (χ4v) is 7.00. The van der Waals surface area contributed by atoms with Gasteiger partial charge in [0.2, 0.25) is 16.0 Å². The number of nitrogens with zero attached hydrogens (tertiary/aromatic N) is 4. The maximum Gasteiger partial charge on any atom is 0.268 e. The molecule has 1 saturated heterocycles. The summed E-state index contributed by atoms with van der Waals surface area (Å²) in [4.78, 5) is 21.9. The number of alkyl halides is 1. The number of fused-ring (bicyclic) bond motifs is 1. The van der Waals surface area contributed by atoms with Crippen LogP contribution >= 0.6 is 0 Å². The van der Waals surface area contributed by atoms with Crippen molar-refractivity contribution in [2.24, 2.45) is 0 Å². The van der Waals surface area contributed by atoms with E-state index in [0.29, 0.717) is 36.7 Å². The van der Waals surface area contributed by atoms with E-state index in [2.05, 4.69) is 21.2 Å². The summed E-state index contributed by atoms with van der Waals surface area (Å²) in [7, 11) is -3.43. The number of piperidine rings is 1. The average molecular weight is 490 g/mol. The first-order chi connectivity index (χ1) is 16.1. The highest BCUT2D eigenvalue weighted by molar-refractivity contribution is 7.90. The Morgan fingerprint density at radius 1 is 1.32 bits per heavy atom. The molecule has 11 heteroatoms. The van der Waals surface area contributed by atoms with E-state index in [-0.39, 0.29) is 36.3 Å². The minimum atomic E-state index is -3.43. The third-order valence-corrected chi connectivity index (χ3v) is 9.61. The van der Waals surface area contributed by atoms with Crippen molar-refractivity contribution in [3.63, 3.8) is 0 Å². The van der Waals surface area contributed by atoms with Crippen LogP contribution in [0.15, 0.2) is 17.1 Å². The van der Waals surface area contributed by atoms with E-state index >= 15 is 0 Å². The maximum absolute atomic E-state index is 15.0. The number of nitrogens with one attached hydrogen (secondary N) is 1. The zero-order valence-corrected chi connectivity index (χ0v) is 19.8. The third kappa shape index (κ3) is 3.97. The van der Waals surface area contributed by atoms with E-state index in [0.717, 1.165) is 6.42 Å². The molecule has 2 saturated carbocycles. The molecule has 9 nitrogen and oxygen atoms in total. The SMILES string of the molecule is C#Cc1cc2cnc(N[C@H]3CCN(S(=O)(=O)C4CC4)C[C@@H]3F)nc2n([C@@H]2CCC[C@@]2(C)O)c1=O. The van der Waals surface area contributed by atoms with Crippen LogP contribution in [0, 0.1) is 12.3 Å². The zero-order valence-electron chi connectivity index (χ0n) is 18.9. The largest absolute Gasteiger partial charge is 0.388 e. The first kappa shape index (κ1) is 23.2. The van der Waals surface area contributed by atoms with Gasteiger partial charge in [-0.15, -0.1) is 6.42 Å². The van der Waals surface area contributed by atoms with E-state index in [9.17, 15) is 22.7 Å². The summed E-state index contributed by atoms with van der Waals surface area (Å²) in [5.74, 6) is 2.54. The van der Waals surface area contributed by atoms with E-state index < -0.39 is 39.4 Å². The Kier molecular flexibility index (Phi) is 5.66. The van der Waals surface area contributed by atoms with E-state index in [1.807, 2.05) is 0 Å². The molecule has 3 heterocycles. The molecule has 182 valence electrons. The highest BCUT2D eigenvalue weighted by Crippen LogP contribution is 2.39. The van der Waals surface area contributed by atoms with Crippen LogP contribution in [0.4, 0.5) is 10.3 Å². The van der Waals surface area contributed by atoms with Gasteiger partial charge in [-0.2, -0.15) is 9.29 Å². The van der Waals surface area contributed by atoms with Crippen LogP contribution in [0.3, 0.4) is 0 Å². The third-order valence-electron chi connectivity index (χ3n) is 7.24. The van der Waals surface area contributed by atoms with E-state index in [4.69, 9.17) is 6.42 Å². The number of anilines is 1. The molecule has 2 aromatic heterocycles. The molecule has 0 amide bonds. The van der Waals surface area contributed by atoms with Crippen molar-refractivity contribution >= 4 is 27.0 Å². The van der Waals surface area contributed by atoms with Gasteiger partial charge < -0.3 is 10.4 Å². The van der Waals surface area contributed by atoms with Gasteiger partial charge in [0, 0.05) is 24.7 Å². The van der Waals surface area contributed by atoms with Crippen molar-refractivity contribution in [2.45, 2.75) is 74.6 Å². The van der Waals surface area contributed by atoms with Gasteiger partial charge in [-0.3, -0.25) is 9.36 Å². The minimum absolute atomic E-state index is 0.137. The minimum Gasteiger partial charge on any atom is -0.388 e. The van der Waals surface area contributed by atoms with Crippen molar-refractivity contribution in [1.82, 2.24) is 18.8 Å². The molecule has 0 aromatic carbocycles. The van der Waals surface area contributed by atoms with Crippen LogP contribution < -0.4 is 10.9 Å². The monoisotopic (exact) mass is 489 g/mol. The quantitative estimate of drug-likeness (QED) is 0.612. The Morgan fingerprint density at radius 2 is 2.09 bits per heavy atom. The highest BCUT2D eigenvalue weighted by Gasteiger charge is 2.44. The molecule has 0 spiro atoms. The molecule has 5 rings (SSSR count). The number of hydrogen-bond donors (Lipinski definition) is 2. The first-order valence-electron chi connectivity index (χ1n) is 11.6. The van der Waals surface area contributed by atoms with Crippen molar-refractivity contribution < 1.29 is 17.9 Å². The lowest BCUT2D eigenvalue weighted by molar-refractivity contribution is 0.0266. The van der Waals surface area contributed by atoms with Gasteiger partial charge in [0.1, 0.15) is 11.8 Å². The molecule has 2 aliphatic carbocycles. The van der Waals surface area contributed by atoms with Gasteiger partial charge >= 0.3 is 0 Å². The number of terminal acetylenes is 1. The molecule has 0 unspecified atom stereocenters. The van der Waals surface area contributed by atoms with Gasteiger partial charge in [0.15, 0.2) is 0 Å². The van der Waals surface area contributed by atoms with Crippen molar-refractivity contribution in [2.75, 3.05) is 18.4 Å². The fourth-order valence-electron chi connectivity index (χ4n) is 5.13. The number of rotatable bonds is 5. The van der Waals surface area contributed by atoms with Crippen LogP contribution in [0.25, 0.3) is 11.0 Å². The summed E-state index contributed by atoms with van der Waals surface area (Å²) in [6.07, 6.45) is 9.09. The average Bonchev–Trinajstić information content (AvgIpc) is 3.59. The lowest BCUT2D eigenvalue weighted by Crippen LogP contribution is -2.50. The summed E-state index contributed by atoms with van der Waals surface area (Å²) < 4.78 is 42.6. The van der Waals surface area contributed by atoms with Gasteiger partial charge in [-0.05, 0) is 51.5 Å². The Balaban J connectivity index is 1.45. The van der Waals surface area contributed by atoms with Gasteiger partial charge in [-0.25, -0.2) is 17.8 Å². The van der Waals surface area contributed by atoms with Gasteiger partial charge in [-0.1, -0.05) is 5.92 Å². The standard InChI is InChI=1S/C23H28FN5O4S/c1-3-14-11-15-12-25-22(27-20(15)29(21(14)30)19-5-4-9-23(19,2)31)26-18-8-10-28(13-17(18)24)34(32,33)16-6-7-16/h1,11-12,16-19,31H,4-10,13H2,2H3,(H,25,26,27)/t17-,18-,19+,23+/m0/s1. The molecule has 0 bridgehead atoms. The van der Waals surface area contributed by atoms with Crippen LogP contribution in [0.2, 0.25) is 0 Å². The van der Waals surface area contributed by atoms with Crippen molar-refractivity contribution in [1.29, 1.82) is 0 Å². The highest BCUT2D eigenvalue weighted by atomic mass is 32.2. The molecule has 3 fully saturated rings. The Labute approximate surface area is 197 Å². The lowest BCUT2D eigenvalue weighted by Gasteiger charge is -2.34. The van der Waals surface area contributed by atoms with Crippen LogP contribution in [-0.4, -0.2) is 68.5 Å². The van der Waals surface area contributed by atoms with Crippen LogP contribution in [0.5, 0.6) is 0 Å².